The fraction of sp³-hybridized carbons (Fsp3) is 0.0714. The van der Waals surface area contributed by atoms with Crippen LogP contribution in [0.2, 0.25) is 0 Å². The summed E-state index contributed by atoms with van der Waals surface area (Å²) in [5.74, 6) is -1.54. The summed E-state index contributed by atoms with van der Waals surface area (Å²) in [5.41, 5.74) is 0.281. The molecule has 2 aromatic rings. The molecule has 0 saturated carbocycles. The number of rotatable bonds is 4. The molecule has 6 heteroatoms. The van der Waals surface area contributed by atoms with E-state index in [1.54, 1.807) is 18.2 Å². The van der Waals surface area contributed by atoms with E-state index in [0.717, 1.165) is 0 Å². The van der Waals surface area contributed by atoms with Gasteiger partial charge in [0.1, 0.15) is 5.69 Å². The molecule has 0 fully saturated rings. The van der Waals surface area contributed by atoms with E-state index < -0.39 is 11.9 Å². The van der Waals surface area contributed by atoms with Crippen molar-refractivity contribution in [3.63, 3.8) is 0 Å². The number of anilines is 1. The van der Waals surface area contributed by atoms with Crippen molar-refractivity contribution in [2.24, 2.45) is 0 Å². The van der Waals surface area contributed by atoms with Crippen molar-refractivity contribution in [2.75, 3.05) is 5.32 Å². The van der Waals surface area contributed by atoms with Crippen molar-refractivity contribution in [2.45, 2.75) is 6.42 Å². The first-order valence-corrected chi connectivity index (χ1v) is 5.86. The van der Waals surface area contributed by atoms with Crippen LogP contribution in [0.4, 0.5) is 5.69 Å². The number of carboxylic acid groups (broad SMARTS) is 1. The summed E-state index contributed by atoms with van der Waals surface area (Å²) in [6.07, 6.45) is 2.72. The van der Waals surface area contributed by atoms with E-state index in [1.807, 2.05) is 0 Å². The highest BCUT2D eigenvalue weighted by molar-refractivity contribution is 5.95. The Morgan fingerprint density at radius 1 is 1.20 bits per heavy atom. The Morgan fingerprint density at radius 2 is 1.95 bits per heavy atom. The minimum atomic E-state index is -1.09. The van der Waals surface area contributed by atoms with Crippen molar-refractivity contribution >= 4 is 17.6 Å². The molecular formula is C14H12N2O4. The molecule has 0 bridgehead atoms. The number of carboxylic acids is 1. The van der Waals surface area contributed by atoms with Crippen molar-refractivity contribution in [3.8, 4) is 0 Å². The lowest BCUT2D eigenvalue weighted by molar-refractivity contribution is -0.115. The zero-order valence-corrected chi connectivity index (χ0v) is 10.4. The van der Waals surface area contributed by atoms with Gasteiger partial charge in [0.2, 0.25) is 11.3 Å². The first kappa shape index (κ1) is 13.5. The van der Waals surface area contributed by atoms with Crippen LogP contribution in [0.25, 0.3) is 0 Å². The van der Waals surface area contributed by atoms with E-state index in [-0.39, 0.29) is 23.1 Å². The number of H-pyrrole nitrogens is 1. The molecule has 0 aliphatic rings. The van der Waals surface area contributed by atoms with Crippen LogP contribution < -0.4 is 10.7 Å². The Morgan fingerprint density at radius 3 is 2.65 bits per heavy atom. The first-order chi connectivity index (χ1) is 9.58. The number of aromatic carboxylic acids is 1. The molecule has 1 aromatic heterocycles. The molecule has 0 radical (unpaired) electrons. The second kappa shape index (κ2) is 5.83. The van der Waals surface area contributed by atoms with E-state index in [2.05, 4.69) is 10.3 Å². The van der Waals surface area contributed by atoms with Crippen LogP contribution in [0.3, 0.4) is 0 Å². The molecule has 102 valence electrons. The smallest absolute Gasteiger partial charge is 0.335 e. The van der Waals surface area contributed by atoms with E-state index in [1.165, 1.54) is 24.5 Å². The van der Waals surface area contributed by atoms with Crippen LogP contribution >= 0.6 is 0 Å². The monoisotopic (exact) mass is 272 g/mol. The van der Waals surface area contributed by atoms with Gasteiger partial charge in [-0.3, -0.25) is 9.59 Å². The summed E-state index contributed by atoms with van der Waals surface area (Å²) in [5, 5.41) is 11.5. The summed E-state index contributed by atoms with van der Waals surface area (Å²) in [6, 6.07) is 7.54. The number of carbonyl (C=O) groups excluding carboxylic acids is 1. The third-order valence-corrected chi connectivity index (χ3v) is 2.70. The quantitative estimate of drug-likeness (QED) is 0.780. The second-order valence-electron chi connectivity index (χ2n) is 4.11. The molecule has 3 N–H and O–H groups in total. The third-order valence-electron chi connectivity index (χ3n) is 2.70. The number of carbonyl (C=O) groups is 2. The zero-order valence-electron chi connectivity index (χ0n) is 10.4. The number of benzene rings is 1. The van der Waals surface area contributed by atoms with Gasteiger partial charge in [0.25, 0.3) is 0 Å². The van der Waals surface area contributed by atoms with Crippen LogP contribution in [0.1, 0.15) is 15.9 Å². The molecular weight excluding hydrogens is 260 g/mol. The van der Waals surface area contributed by atoms with E-state index >= 15 is 0 Å². The van der Waals surface area contributed by atoms with Gasteiger partial charge >= 0.3 is 5.97 Å². The van der Waals surface area contributed by atoms with Crippen molar-refractivity contribution in [3.05, 3.63) is 64.1 Å². The molecule has 0 saturated heterocycles. The minimum absolute atomic E-state index is 0.0737. The van der Waals surface area contributed by atoms with Gasteiger partial charge in [-0.1, -0.05) is 18.2 Å². The number of amides is 1. The lowest BCUT2D eigenvalue weighted by Gasteiger charge is -2.06. The van der Waals surface area contributed by atoms with Crippen LogP contribution in [0, 0.1) is 0 Å². The molecule has 0 aliphatic heterocycles. The summed E-state index contributed by atoms with van der Waals surface area (Å²) in [4.78, 5) is 37.0. The first-order valence-electron chi connectivity index (χ1n) is 5.86. The SMILES string of the molecule is O=C(Cc1ccccc1C(=O)O)Nc1c[nH]ccc1=O. The average Bonchev–Trinajstić information content (AvgIpc) is 2.41. The Balaban J connectivity index is 2.15. The Hall–Kier alpha value is -2.89. The summed E-state index contributed by atoms with van der Waals surface area (Å²) in [7, 11) is 0. The van der Waals surface area contributed by atoms with Crippen LogP contribution in [-0.4, -0.2) is 22.0 Å². The molecule has 6 nitrogen and oxygen atoms in total. The van der Waals surface area contributed by atoms with Crippen molar-refractivity contribution < 1.29 is 14.7 Å². The fourth-order valence-electron chi connectivity index (χ4n) is 1.76. The molecule has 0 spiro atoms. The lowest BCUT2D eigenvalue weighted by atomic mass is 10.0. The van der Waals surface area contributed by atoms with Crippen LogP contribution in [0.5, 0.6) is 0 Å². The Kier molecular flexibility index (Phi) is 3.95. The molecule has 1 amide bonds. The fourth-order valence-corrected chi connectivity index (χ4v) is 1.76. The van der Waals surface area contributed by atoms with Gasteiger partial charge < -0.3 is 15.4 Å². The predicted octanol–water partition coefficient (Wildman–Crippen LogP) is 1.25. The number of hydrogen-bond acceptors (Lipinski definition) is 3. The number of hydrogen-bond donors (Lipinski definition) is 3. The van der Waals surface area contributed by atoms with E-state index in [4.69, 9.17) is 5.11 Å². The summed E-state index contributed by atoms with van der Waals surface area (Å²) in [6.45, 7) is 0. The molecule has 2 rings (SSSR count). The van der Waals surface area contributed by atoms with Crippen LogP contribution in [0.15, 0.2) is 47.5 Å². The maximum absolute atomic E-state index is 11.9. The largest absolute Gasteiger partial charge is 0.478 e. The minimum Gasteiger partial charge on any atom is -0.478 e. The van der Waals surface area contributed by atoms with Gasteiger partial charge in [0, 0.05) is 18.5 Å². The molecule has 1 aromatic carbocycles. The van der Waals surface area contributed by atoms with Gasteiger partial charge in [-0.15, -0.1) is 0 Å². The maximum Gasteiger partial charge on any atom is 0.335 e. The van der Waals surface area contributed by atoms with Gasteiger partial charge in [-0.25, -0.2) is 4.79 Å². The Labute approximate surface area is 114 Å². The summed E-state index contributed by atoms with van der Waals surface area (Å²) < 4.78 is 0. The lowest BCUT2D eigenvalue weighted by Crippen LogP contribution is -2.20. The van der Waals surface area contributed by atoms with Gasteiger partial charge in [-0.05, 0) is 11.6 Å². The molecule has 0 atom stereocenters. The molecule has 20 heavy (non-hydrogen) atoms. The molecule has 0 unspecified atom stereocenters. The number of pyridine rings is 1. The third kappa shape index (κ3) is 3.11. The summed E-state index contributed by atoms with van der Waals surface area (Å²) >= 11 is 0. The van der Waals surface area contributed by atoms with Gasteiger partial charge in [0.15, 0.2) is 0 Å². The molecule has 0 aliphatic carbocycles. The van der Waals surface area contributed by atoms with Gasteiger partial charge in [-0.2, -0.15) is 0 Å². The maximum atomic E-state index is 11.9. The highest BCUT2D eigenvalue weighted by atomic mass is 16.4. The standard InChI is InChI=1S/C14H12N2O4/c17-12-5-6-15-8-11(12)16-13(18)7-9-3-1-2-4-10(9)14(19)20/h1-6,8H,7H2,(H,15,17)(H,16,18)(H,19,20). The normalized spacial score (nSPS) is 10.0. The highest BCUT2D eigenvalue weighted by Crippen LogP contribution is 2.10. The number of nitrogens with one attached hydrogen (secondary N) is 2. The van der Waals surface area contributed by atoms with Gasteiger partial charge in [0.05, 0.1) is 12.0 Å². The molecule has 1 heterocycles. The van der Waals surface area contributed by atoms with E-state index in [9.17, 15) is 14.4 Å². The van der Waals surface area contributed by atoms with Crippen molar-refractivity contribution in [1.82, 2.24) is 4.98 Å². The second-order valence-corrected chi connectivity index (χ2v) is 4.11. The highest BCUT2D eigenvalue weighted by Gasteiger charge is 2.13. The predicted molar refractivity (Wildman–Crippen MR) is 72.8 cm³/mol. The number of aromatic amines is 1. The van der Waals surface area contributed by atoms with Crippen molar-refractivity contribution in [1.29, 1.82) is 0 Å². The zero-order chi connectivity index (χ0) is 14.5. The number of aromatic nitrogens is 1. The average molecular weight is 272 g/mol. The van der Waals surface area contributed by atoms with E-state index in [0.29, 0.717) is 5.56 Å². The van der Waals surface area contributed by atoms with Crippen LogP contribution in [-0.2, 0) is 11.2 Å². The topological polar surface area (TPSA) is 99.3 Å². The Bertz CT molecular complexity index is 706.